The molecule has 0 aliphatic carbocycles. The van der Waals surface area contributed by atoms with E-state index in [1.807, 2.05) is 22.7 Å². The SMILES string of the molecule is CCn1cc(CN2CCCN(C(=O)[C@H](C)n3cncn3)CC2)cn1. The van der Waals surface area contributed by atoms with Crippen LogP contribution in [0.3, 0.4) is 0 Å². The number of carbonyl (C=O) groups excluding carboxylic acids is 1. The summed E-state index contributed by atoms with van der Waals surface area (Å²) in [7, 11) is 0. The first-order valence-corrected chi connectivity index (χ1v) is 8.54. The minimum Gasteiger partial charge on any atom is -0.340 e. The van der Waals surface area contributed by atoms with E-state index in [-0.39, 0.29) is 11.9 Å². The molecule has 3 rings (SSSR count). The first-order chi connectivity index (χ1) is 11.7. The van der Waals surface area contributed by atoms with Crippen molar-refractivity contribution in [3.63, 3.8) is 0 Å². The Labute approximate surface area is 142 Å². The first-order valence-electron chi connectivity index (χ1n) is 8.54. The molecule has 0 aromatic carbocycles. The van der Waals surface area contributed by atoms with Crippen molar-refractivity contribution in [1.82, 2.24) is 34.3 Å². The Morgan fingerprint density at radius 1 is 1.25 bits per heavy atom. The first kappa shape index (κ1) is 16.6. The summed E-state index contributed by atoms with van der Waals surface area (Å²) in [5.41, 5.74) is 1.23. The van der Waals surface area contributed by atoms with Gasteiger partial charge < -0.3 is 4.90 Å². The summed E-state index contributed by atoms with van der Waals surface area (Å²) in [5.74, 6) is 0.112. The van der Waals surface area contributed by atoms with Crippen LogP contribution in [0.4, 0.5) is 0 Å². The van der Waals surface area contributed by atoms with Crippen molar-refractivity contribution >= 4 is 5.91 Å². The highest BCUT2D eigenvalue weighted by atomic mass is 16.2. The average molecular weight is 331 g/mol. The van der Waals surface area contributed by atoms with Crippen LogP contribution < -0.4 is 0 Å². The lowest BCUT2D eigenvalue weighted by atomic mass is 10.2. The summed E-state index contributed by atoms with van der Waals surface area (Å²) < 4.78 is 3.56. The molecule has 2 aromatic heterocycles. The normalized spacial score (nSPS) is 17.7. The van der Waals surface area contributed by atoms with Crippen LogP contribution in [0.25, 0.3) is 0 Å². The van der Waals surface area contributed by atoms with Crippen LogP contribution in [-0.2, 0) is 17.9 Å². The fourth-order valence-corrected chi connectivity index (χ4v) is 3.06. The predicted octanol–water partition coefficient (Wildman–Crippen LogP) is 0.790. The maximum absolute atomic E-state index is 12.7. The Balaban J connectivity index is 1.55. The third-order valence-corrected chi connectivity index (χ3v) is 4.51. The summed E-state index contributed by atoms with van der Waals surface area (Å²) in [6.07, 6.45) is 8.07. The van der Waals surface area contributed by atoms with Crippen molar-refractivity contribution in [3.05, 3.63) is 30.6 Å². The Kier molecular flexibility index (Phi) is 5.24. The molecule has 2 aromatic rings. The lowest BCUT2D eigenvalue weighted by Gasteiger charge is -2.24. The number of nitrogens with zero attached hydrogens (tertiary/aromatic N) is 7. The van der Waals surface area contributed by atoms with Gasteiger partial charge in [-0.25, -0.2) is 9.67 Å². The van der Waals surface area contributed by atoms with Crippen molar-refractivity contribution in [3.8, 4) is 0 Å². The monoisotopic (exact) mass is 331 g/mol. The molecule has 0 radical (unpaired) electrons. The van der Waals surface area contributed by atoms with Gasteiger partial charge >= 0.3 is 0 Å². The Hall–Kier alpha value is -2.22. The number of aryl methyl sites for hydroxylation is 1. The van der Waals surface area contributed by atoms with Crippen LogP contribution in [-0.4, -0.2) is 66.4 Å². The minimum atomic E-state index is -0.304. The Morgan fingerprint density at radius 2 is 2.12 bits per heavy atom. The fraction of sp³-hybridized carbons (Fsp3) is 0.625. The van der Waals surface area contributed by atoms with E-state index in [2.05, 4.69) is 33.2 Å². The molecule has 24 heavy (non-hydrogen) atoms. The van der Waals surface area contributed by atoms with Crippen LogP contribution in [0, 0.1) is 0 Å². The highest BCUT2D eigenvalue weighted by Gasteiger charge is 2.24. The van der Waals surface area contributed by atoms with Gasteiger partial charge in [0, 0.05) is 51.0 Å². The van der Waals surface area contributed by atoms with Crippen molar-refractivity contribution in [2.24, 2.45) is 0 Å². The van der Waals surface area contributed by atoms with Gasteiger partial charge in [0.05, 0.1) is 6.20 Å². The number of aromatic nitrogens is 5. The van der Waals surface area contributed by atoms with Gasteiger partial charge in [-0.15, -0.1) is 0 Å². The van der Waals surface area contributed by atoms with Crippen LogP contribution in [0.2, 0.25) is 0 Å². The van der Waals surface area contributed by atoms with Crippen LogP contribution >= 0.6 is 0 Å². The molecular weight excluding hydrogens is 306 g/mol. The lowest BCUT2D eigenvalue weighted by Crippen LogP contribution is -2.39. The molecule has 0 unspecified atom stereocenters. The lowest BCUT2D eigenvalue weighted by molar-refractivity contribution is -0.134. The van der Waals surface area contributed by atoms with Gasteiger partial charge in [0.25, 0.3) is 0 Å². The smallest absolute Gasteiger partial charge is 0.247 e. The maximum atomic E-state index is 12.7. The van der Waals surface area contributed by atoms with Gasteiger partial charge in [-0.3, -0.25) is 14.4 Å². The predicted molar refractivity (Wildman–Crippen MR) is 89.1 cm³/mol. The molecule has 0 N–H and O–H groups in total. The molecule has 0 spiro atoms. The third-order valence-electron chi connectivity index (χ3n) is 4.51. The zero-order chi connectivity index (χ0) is 16.9. The van der Waals surface area contributed by atoms with Crippen molar-refractivity contribution in [1.29, 1.82) is 0 Å². The average Bonchev–Trinajstić information content (AvgIpc) is 3.23. The molecule has 3 heterocycles. The van der Waals surface area contributed by atoms with E-state index in [1.165, 1.54) is 11.9 Å². The number of amides is 1. The van der Waals surface area contributed by atoms with Gasteiger partial charge in [-0.2, -0.15) is 10.2 Å². The molecule has 1 atom stereocenters. The van der Waals surface area contributed by atoms with Crippen LogP contribution in [0.1, 0.15) is 31.9 Å². The van der Waals surface area contributed by atoms with E-state index in [1.54, 1.807) is 11.0 Å². The fourth-order valence-electron chi connectivity index (χ4n) is 3.06. The summed E-state index contributed by atoms with van der Waals surface area (Å²) in [5, 5.41) is 8.40. The third kappa shape index (κ3) is 3.81. The van der Waals surface area contributed by atoms with E-state index >= 15 is 0 Å². The second-order valence-corrected chi connectivity index (χ2v) is 6.21. The van der Waals surface area contributed by atoms with E-state index in [0.717, 1.165) is 45.7 Å². The van der Waals surface area contributed by atoms with E-state index in [4.69, 9.17) is 0 Å². The zero-order valence-corrected chi connectivity index (χ0v) is 14.4. The molecule has 0 saturated carbocycles. The van der Waals surface area contributed by atoms with Gasteiger partial charge in [-0.05, 0) is 20.3 Å². The number of rotatable bonds is 5. The second-order valence-electron chi connectivity index (χ2n) is 6.21. The molecule has 8 nitrogen and oxygen atoms in total. The van der Waals surface area contributed by atoms with Gasteiger partial charge in [-0.1, -0.05) is 0 Å². The Morgan fingerprint density at radius 3 is 2.83 bits per heavy atom. The summed E-state index contributed by atoms with van der Waals surface area (Å²) in [6, 6.07) is -0.304. The topological polar surface area (TPSA) is 72.1 Å². The number of hydrogen-bond acceptors (Lipinski definition) is 5. The number of hydrogen-bond donors (Lipinski definition) is 0. The zero-order valence-electron chi connectivity index (χ0n) is 14.4. The molecule has 1 aliphatic rings. The van der Waals surface area contributed by atoms with Gasteiger partial charge in [0.15, 0.2) is 0 Å². The minimum absolute atomic E-state index is 0.112. The summed E-state index contributed by atoms with van der Waals surface area (Å²) in [6.45, 7) is 9.17. The van der Waals surface area contributed by atoms with Crippen molar-refractivity contribution < 1.29 is 4.79 Å². The summed E-state index contributed by atoms with van der Waals surface area (Å²) >= 11 is 0. The van der Waals surface area contributed by atoms with E-state index in [0.29, 0.717) is 0 Å². The molecule has 130 valence electrons. The van der Waals surface area contributed by atoms with Gasteiger partial charge in [0.2, 0.25) is 5.91 Å². The summed E-state index contributed by atoms with van der Waals surface area (Å²) in [4.78, 5) is 20.9. The largest absolute Gasteiger partial charge is 0.340 e. The van der Waals surface area contributed by atoms with Crippen molar-refractivity contribution in [2.75, 3.05) is 26.2 Å². The number of carbonyl (C=O) groups is 1. The molecular formula is C16H25N7O. The molecule has 1 aliphatic heterocycles. The maximum Gasteiger partial charge on any atom is 0.247 e. The molecule has 1 saturated heterocycles. The molecule has 0 bridgehead atoms. The van der Waals surface area contributed by atoms with E-state index in [9.17, 15) is 4.79 Å². The highest BCUT2D eigenvalue weighted by molar-refractivity contribution is 5.80. The molecule has 1 amide bonds. The van der Waals surface area contributed by atoms with Crippen LogP contribution in [0.15, 0.2) is 25.0 Å². The standard InChI is InChI=1S/C16H25N7O/c1-3-22-11-15(9-18-22)10-20-5-4-6-21(8-7-20)16(24)14(2)23-13-17-12-19-23/h9,11-14H,3-8,10H2,1-2H3/t14-/m0/s1. The quantitative estimate of drug-likeness (QED) is 0.810. The highest BCUT2D eigenvalue weighted by Crippen LogP contribution is 2.13. The molecule has 8 heteroatoms. The molecule has 1 fully saturated rings. The second kappa shape index (κ2) is 7.57. The van der Waals surface area contributed by atoms with Crippen molar-refractivity contribution in [2.45, 2.75) is 39.4 Å². The van der Waals surface area contributed by atoms with Crippen LogP contribution in [0.5, 0.6) is 0 Å². The van der Waals surface area contributed by atoms with E-state index < -0.39 is 0 Å². The van der Waals surface area contributed by atoms with Gasteiger partial charge in [0.1, 0.15) is 18.7 Å². The Bertz CT molecular complexity index is 651.